The third-order valence-corrected chi connectivity index (χ3v) is 3.36. The van der Waals surface area contributed by atoms with Crippen LogP contribution >= 0.6 is 0 Å². The van der Waals surface area contributed by atoms with E-state index < -0.39 is 0 Å². The van der Waals surface area contributed by atoms with Crippen LogP contribution in [-0.2, 0) is 0 Å². The number of rotatable bonds is 4. The van der Waals surface area contributed by atoms with Crippen molar-refractivity contribution in [2.75, 3.05) is 6.61 Å². The molecule has 1 aliphatic carbocycles. The Morgan fingerprint density at radius 3 is 2.29 bits per heavy atom. The normalized spacial score (nSPS) is 20.9. The summed E-state index contributed by atoms with van der Waals surface area (Å²) in [7, 11) is 0. The Kier molecular flexibility index (Phi) is 3.70. The molecule has 0 atom stereocenters. The molecule has 1 aliphatic rings. The van der Waals surface area contributed by atoms with E-state index in [2.05, 4.69) is 19.7 Å². The maximum atomic E-state index is 9.55. The van der Waals surface area contributed by atoms with Crippen LogP contribution in [0.15, 0.2) is 37.0 Å². The first kappa shape index (κ1) is 11.3. The molecule has 1 heteroatoms. The van der Waals surface area contributed by atoms with Crippen molar-refractivity contribution in [1.29, 1.82) is 0 Å². The maximum Gasteiger partial charge on any atom is 0.0562 e. The van der Waals surface area contributed by atoms with Crippen molar-refractivity contribution in [1.82, 2.24) is 0 Å². The predicted octanol–water partition coefficient (Wildman–Crippen LogP) is 3.23. The van der Waals surface area contributed by atoms with E-state index >= 15 is 0 Å². The minimum atomic E-state index is -0.216. The summed E-state index contributed by atoms with van der Waals surface area (Å²) in [6, 6.07) is 0. The minimum absolute atomic E-state index is 0.151. The van der Waals surface area contributed by atoms with E-state index in [0.29, 0.717) is 0 Å². The van der Waals surface area contributed by atoms with E-state index in [4.69, 9.17) is 0 Å². The lowest BCUT2D eigenvalue weighted by Crippen LogP contribution is -2.32. The Hall–Kier alpha value is -0.820. The van der Waals surface area contributed by atoms with Gasteiger partial charge in [0.15, 0.2) is 0 Å². The lowest BCUT2D eigenvalue weighted by atomic mass is 9.66. The first-order valence-electron chi connectivity index (χ1n) is 5.25. The van der Waals surface area contributed by atoms with Gasteiger partial charge in [-0.25, -0.2) is 0 Å². The summed E-state index contributed by atoms with van der Waals surface area (Å²) in [5.74, 6) is 0. The smallest absolute Gasteiger partial charge is 0.0562 e. The molecule has 0 aromatic rings. The van der Waals surface area contributed by atoms with Crippen LogP contribution in [-0.4, -0.2) is 11.7 Å². The van der Waals surface area contributed by atoms with E-state index in [1.807, 2.05) is 6.08 Å². The topological polar surface area (TPSA) is 20.2 Å². The lowest BCUT2D eigenvalue weighted by Gasteiger charge is -2.40. The van der Waals surface area contributed by atoms with Crippen LogP contribution in [0.25, 0.3) is 0 Å². The number of aliphatic hydroxyl groups is 1. The number of hydrogen-bond acceptors (Lipinski definition) is 1. The fourth-order valence-corrected chi connectivity index (χ4v) is 2.25. The first-order chi connectivity index (χ1) is 6.67. The highest BCUT2D eigenvalue weighted by Crippen LogP contribution is 2.46. The summed E-state index contributed by atoms with van der Waals surface area (Å²) in [5.41, 5.74) is 2.09. The van der Waals surface area contributed by atoms with Crippen LogP contribution < -0.4 is 0 Å². The number of allylic oxidation sites excluding steroid dienone is 1. The Bertz CT molecular complexity index is 234. The van der Waals surface area contributed by atoms with Gasteiger partial charge in [0.05, 0.1) is 6.61 Å². The van der Waals surface area contributed by atoms with Gasteiger partial charge in [-0.05, 0) is 32.1 Å². The molecule has 14 heavy (non-hydrogen) atoms. The summed E-state index contributed by atoms with van der Waals surface area (Å²) in [4.78, 5) is 0. The van der Waals surface area contributed by atoms with Gasteiger partial charge in [-0.1, -0.05) is 30.4 Å². The Labute approximate surface area is 86.8 Å². The standard InChI is InChI=1S/C13H20O/c1-4-5-9-13(10-14)11(2)7-6-8-12(13)3/h4,14H,1-3,5-10H2. The van der Waals surface area contributed by atoms with Gasteiger partial charge >= 0.3 is 0 Å². The van der Waals surface area contributed by atoms with Crippen molar-refractivity contribution in [3.05, 3.63) is 37.0 Å². The molecule has 0 aromatic heterocycles. The summed E-state index contributed by atoms with van der Waals surface area (Å²) in [5, 5.41) is 9.55. The molecule has 0 unspecified atom stereocenters. The number of aliphatic hydroxyl groups excluding tert-OH is 1. The molecule has 0 heterocycles. The van der Waals surface area contributed by atoms with Gasteiger partial charge in [0, 0.05) is 5.41 Å². The predicted molar refractivity (Wildman–Crippen MR) is 61.1 cm³/mol. The van der Waals surface area contributed by atoms with Crippen molar-refractivity contribution in [3.63, 3.8) is 0 Å². The van der Waals surface area contributed by atoms with Crippen LogP contribution in [0, 0.1) is 5.41 Å². The number of hydrogen-bond donors (Lipinski definition) is 1. The summed E-state index contributed by atoms with van der Waals surface area (Å²) in [6.07, 6.45) is 6.90. The van der Waals surface area contributed by atoms with Gasteiger partial charge < -0.3 is 5.11 Å². The molecular weight excluding hydrogens is 172 g/mol. The minimum Gasteiger partial charge on any atom is -0.395 e. The van der Waals surface area contributed by atoms with Gasteiger partial charge in [-0.15, -0.1) is 6.58 Å². The molecule has 1 fully saturated rings. The Morgan fingerprint density at radius 2 is 1.86 bits per heavy atom. The molecule has 0 amide bonds. The van der Waals surface area contributed by atoms with Gasteiger partial charge in [0.2, 0.25) is 0 Å². The zero-order chi connectivity index (χ0) is 10.6. The zero-order valence-corrected chi connectivity index (χ0v) is 8.89. The van der Waals surface area contributed by atoms with Crippen molar-refractivity contribution in [2.24, 2.45) is 5.41 Å². The van der Waals surface area contributed by atoms with Gasteiger partial charge in [-0.2, -0.15) is 0 Å². The van der Waals surface area contributed by atoms with Crippen LogP contribution in [0.1, 0.15) is 32.1 Å². The highest BCUT2D eigenvalue weighted by Gasteiger charge is 2.36. The van der Waals surface area contributed by atoms with Crippen LogP contribution in [0.4, 0.5) is 0 Å². The molecule has 0 radical (unpaired) electrons. The van der Waals surface area contributed by atoms with E-state index in [1.54, 1.807) is 0 Å². The SMILES string of the molecule is C=CCCC1(CO)C(=C)CCCC1=C. The molecule has 0 bridgehead atoms. The molecule has 1 nitrogen and oxygen atoms in total. The van der Waals surface area contributed by atoms with E-state index in [9.17, 15) is 5.11 Å². The van der Waals surface area contributed by atoms with Crippen LogP contribution in [0.2, 0.25) is 0 Å². The molecule has 0 saturated heterocycles. The molecule has 1 N–H and O–H groups in total. The van der Waals surface area contributed by atoms with Gasteiger partial charge in [0.25, 0.3) is 0 Å². The van der Waals surface area contributed by atoms with Crippen LogP contribution in [0.5, 0.6) is 0 Å². The van der Waals surface area contributed by atoms with Crippen molar-refractivity contribution in [3.8, 4) is 0 Å². The fourth-order valence-electron chi connectivity index (χ4n) is 2.25. The quantitative estimate of drug-likeness (QED) is 0.678. The van der Waals surface area contributed by atoms with Crippen molar-refractivity contribution in [2.45, 2.75) is 32.1 Å². The van der Waals surface area contributed by atoms with E-state index in [0.717, 1.165) is 43.3 Å². The van der Waals surface area contributed by atoms with E-state index in [1.165, 1.54) is 0 Å². The molecule has 0 spiro atoms. The van der Waals surface area contributed by atoms with Gasteiger partial charge in [0.1, 0.15) is 0 Å². The zero-order valence-electron chi connectivity index (χ0n) is 8.89. The Balaban J connectivity index is 2.85. The molecule has 0 aromatic carbocycles. The summed E-state index contributed by atoms with van der Waals surface area (Å²) in [6.45, 7) is 12.0. The highest BCUT2D eigenvalue weighted by atomic mass is 16.3. The van der Waals surface area contributed by atoms with Crippen molar-refractivity contribution >= 4 is 0 Å². The van der Waals surface area contributed by atoms with Gasteiger partial charge in [-0.3, -0.25) is 0 Å². The third kappa shape index (κ3) is 1.83. The first-order valence-corrected chi connectivity index (χ1v) is 5.25. The monoisotopic (exact) mass is 192 g/mol. The largest absolute Gasteiger partial charge is 0.395 e. The van der Waals surface area contributed by atoms with Crippen molar-refractivity contribution < 1.29 is 5.11 Å². The molecule has 0 aliphatic heterocycles. The second kappa shape index (κ2) is 4.61. The third-order valence-electron chi connectivity index (χ3n) is 3.36. The molecule has 1 saturated carbocycles. The average Bonchev–Trinajstić information content (AvgIpc) is 2.18. The Morgan fingerprint density at radius 1 is 1.29 bits per heavy atom. The average molecular weight is 192 g/mol. The summed E-state index contributed by atoms with van der Waals surface area (Å²) < 4.78 is 0. The van der Waals surface area contributed by atoms with Crippen LogP contribution in [0.3, 0.4) is 0 Å². The van der Waals surface area contributed by atoms with E-state index in [-0.39, 0.29) is 12.0 Å². The maximum absolute atomic E-state index is 9.55. The molecule has 78 valence electrons. The molecular formula is C13H20O. The molecule has 1 rings (SSSR count). The fraction of sp³-hybridized carbons (Fsp3) is 0.538. The summed E-state index contributed by atoms with van der Waals surface area (Å²) >= 11 is 0. The second-order valence-corrected chi connectivity index (χ2v) is 4.13. The second-order valence-electron chi connectivity index (χ2n) is 4.13. The lowest BCUT2D eigenvalue weighted by molar-refractivity contribution is 0.166. The highest BCUT2D eigenvalue weighted by molar-refractivity contribution is 5.29.